The van der Waals surface area contributed by atoms with Crippen molar-refractivity contribution in [1.29, 1.82) is 0 Å². The van der Waals surface area contributed by atoms with Crippen molar-refractivity contribution in [2.75, 3.05) is 5.33 Å². The van der Waals surface area contributed by atoms with Crippen LogP contribution in [0.3, 0.4) is 0 Å². The molecule has 1 rings (SSSR count). The van der Waals surface area contributed by atoms with Gasteiger partial charge in [0.05, 0.1) is 11.7 Å². The summed E-state index contributed by atoms with van der Waals surface area (Å²) < 4.78 is 5.87. The van der Waals surface area contributed by atoms with Gasteiger partial charge < -0.3 is 4.74 Å². The molecule has 0 aliphatic carbocycles. The Hall–Kier alpha value is 0.180. The second kappa shape index (κ2) is 4.43. The molecule has 0 bridgehead atoms. The topological polar surface area (TPSA) is 9.23 Å². The third-order valence-corrected chi connectivity index (χ3v) is 2.55. The highest BCUT2D eigenvalue weighted by atomic mass is 79.9. The zero-order chi connectivity index (χ0) is 9.03. The van der Waals surface area contributed by atoms with Gasteiger partial charge in [-0.3, -0.25) is 0 Å². The van der Waals surface area contributed by atoms with E-state index in [4.69, 9.17) is 4.74 Å². The van der Waals surface area contributed by atoms with Gasteiger partial charge in [-0.1, -0.05) is 28.1 Å². The first-order valence-corrected chi connectivity index (χ1v) is 5.67. The van der Waals surface area contributed by atoms with Crippen LogP contribution in [0.4, 0.5) is 0 Å². The van der Waals surface area contributed by atoms with Crippen molar-refractivity contribution in [3.05, 3.63) is 12.2 Å². The van der Waals surface area contributed by atoms with Crippen molar-refractivity contribution in [2.45, 2.75) is 44.8 Å². The molecule has 1 saturated heterocycles. The Morgan fingerprint density at radius 3 is 2.92 bits per heavy atom. The summed E-state index contributed by atoms with van der Waals surface area (Å²) in [5.74, 6) is 0. The summed E-state index contributed by atoms with van der Waals surface area (Å²) >= 11 is 3.36. The zero-order valence-electron chi connectivity index (χ0n) is 7.85. The van der Waals surface area contributed by atoms with E-state index in [0.717, 1.165) is 5.33 Å². The van der Waals surface area contributed by atoms with Gasteiger partial charge in [0, 0.05) is 5.33 Å². The summed E-state index contributed by atoms with van der Waals surface area (Å²) in [5.41, 5.74) is 0.0829. The molecule has 2 heteroatoms. The summed E-state index contributed by atoms with van der Waals surface area (Å²) in [7, 11) is 0. The van der Waals surface area contributed by atoms with E-state index in [1.165, 1.54) is 19.3 Å². The average Bonchev–Trinajstić information content (AvgIpc) is 1.99. The van der Waals surface area contributed by atoms with Crippen LogP contribution in [0.15, 0.2) is 12.2 Å². The highest BCUT2D eigenvalue weighted by Crippen LogP contribution is 2.28. The van der Waals surface area contributed by atoms with Crippen LogP contribution >= 0.6 is 15.9 Å². The van der Waals surface area contributed by atoms with Crippen LogP contribution < -0.4 is 0 Å². The highest BCUT2D eigenvalue weighted by Gasteiger charge is 2.26. The van der Waals surface area contributed by atoms with E-state index in [0.29, 0.717) is 6.10 Å². The lowest BCUT2D eigenvalue weighted by molar-refractivity contribution is -0.0858. The Morgan fingerprint density at radius 1 is 1.58 bits per heavy atom. The van der Waals surface area contributed by atoms with Crippen LogP contribution in [0.5, 0.6) is 0 Å². The maximum atomic E-state index is 5.87. The minimum atomic E-state index is 0.0829. The average molecular weight is 233 g/mol. The van der Waals surface area contributed by atoms with Gasteiger partial charge in [-0.05, 0) is 33.1 Å². The predicted molar refractivity (Wildman–Crippen MR) is 55.7 cm³/mol. The molecule has 1 aliphatic heterocycles. The number of ether oxygens (including phenoxy) is 1. The molecule has 1 nitrogen and oxygen atoms in total. The molecule has 0 unspecified atom stereocenters. The molecule has 1 heterocycles. The summed E-state index contributed by atoms with van der Waals surface area (Å²) in [6.45, 7) is 4.34. The fraction of sp³-hybridized carbons (Fsp3) is 0.800. The molecule has 0 amide bonds. The fourth-order valence-corrected chi connectivity index (χ4v) is 1.81. The Morgan fingerprint density at radius 2 is 2.33 bits per heavy atom. The summed E-state index contributed by atoms with van der Waals surface area (Å²) in [6.07, 6.45) is 8.26. The molecule has 0 radical (unpaired) electrons. The third kappa shape index (κ3) is 3.28. The molecule has 0 aromatic carbocycles. The number of allylic oxidation sites excluding steroid dienone is 1. The predicted octanol–water partition coefficient (Wildman–Crippen LogP) is 3.29. The molecule has 0 aromatic heterocycles. The smallest absolute Gasteiger partial charge is 0.0763 e. The van der Waals surface area contributed by atoms with Crippen molar-refractivity contribution >= 4 is 15.9 Å². The Labute approximate surface area is 83.3 Å². The quantitative estimate of drug-likeness (QED) is 0.525. The second-order valence-corrected chi connectivity index (χ2v) is 4.54. The Balaban J connectivity index is 2.41. The number of rotatable bonds is 2. The molecule has 0 spiro atoms. The first kappa shape index (κ1) is 10.3. The first-order valence-electron chi connectivity index (χ1n) is 4.54. The molecule has 1 atom stereocenters. The van der Waals surface area contributed by atoms with Crippen LogP contribution in [-0.2, 0) is 4.74 Å². The van der Waals surface area contributed by atoms with E-state index in [1.54, 1.807) is 0 Å². The Bertz CT molecular complexity index is 163. The van der Waals surface area contributed by atoms with Crippen LogP contribution in [0.1, 0.15) is 33.1 Å². The van der Waals surface area contributed by atoms with E-state index in [1.807, 2.05) is 0 Å². The molecule has 0 N–H and O–H groups in total. The lowest BCUT2D eigenvalue weighted by Crippen LogP contribution is -2.34. The number of hydrogen-bond acceptors (Lipinski definition) is 1. The molecular weight excluding hydrogens is 216 g/mol. The lowest BCUT2D eigenvalue weighted by atomic mass is 9.95. The van der Waals surface area contributed by atoms with E-state index in [9.17, 15) is 0 Å². The van der Waals surface area contributed by atoms with Crippen LogP contribution in [0.2, 0.25) is 0 Å². The summed E-state index contributed by atoms with van der Waals surface area (Å²) in [5, 5.41) is 0.924. The van der Waals surface area contributed by atoms with Gasteiger partial charge in [-0.25, -0.2) is 0 Å². The standard InChI is InChI=1S/C10H17BrO/c1-10(2)7-3-5-9(12-10)6-4-8-11/h4,6,9H,3,5,7-8H2,1-2H3/b6-4+/t9-/m1/s1. The number of halogens is 1. The maximum Gasteiger partial charge on any atom is 0.0763 e. The monoisotopic (exact) mass is 232 g/mol. The summed E-state index contributed by atoms with van der Waals surface area (Å²) in [4.78, 5) is 0. The number of hydrogen-bond donors (Lipinski definition) is 0. The van der Waals surface area contributed by atoms with Gasteiger partial charge in [0.2, 0.25) is 0 Å². The van der Waals surface area contributed by atoms with Crippen LogP contribution in [0, 0.1) is 0 Å². The molecule has 70 valence electrons. The molecule has 1 fully saturated rings. The highest BCUT2D eigenvalue weighted by molar-refractivity contribution is 9.09. The first-order chi connectivity index (χ1) is 5.64. The van der Waals surface area contributed by atoms with Gasteiger partial charge in [0.1, 0.15) is 0 Å². The van der Waals surface area contributed by atoms with Gasteiger partial charge in [-0.15, -0.1) is 0 Å². The van der Waals surface area contributed by atoms with Gasteiger partial charge in [-0.2, -0.15) is 0 Å². The largest absolute Gasteiger partial charge is 0.368 e. The minimum absolute atomic E-state index is 0.0829. The zero-order valence-corrected chi connectivity index (χ0v) is 9.43. The summed E-state index contributed by atoms with van der Waals surface area (Å²) in [6, 6.07) is 0. The van der Waals surface area contributed by atoms with Crippen molar-refractivity contribution in [3.8, 4) is 0 Å². The van der Waals surface area contributed by atoms with E-state index in [2.05, 4.69) is 41.9 Å². The van der Waals surface area contributed by atoms with Crippen LogP contribution in [-0.4, -0.2) is 17.0 Å². The van der Waals surface area contributed by atoms with Crippen molar-refractivity contribution in [1.82, 2.24) is 0 Å². The normalized spacial score (nSPS) is 29.4. The molecule has 12 heavy (non-hydrogen) atoms. The van der Waals surface area contributed by atoms with Crippen LogP contribution in [0.25, 0.3) is 0 Å². The van der Waals surface area contributed by atoms with Gasteiger partial charge in [0.15, 0.2) is 0 Å². The third-order valence-electron chi connectivity index (χ3n) is 2.18. The molecule has 1 aliphatic rings. The second-order valence-electron chi connectivity index (χ2n) is 3.89. The van der Waals surface area contributed by atoms with Crippen molar-refractivity contribution < 1.29 is 4.74 Å². The number of alkyl halides is 1. The van der Waals surface area contributed by atoms with Gasteiger partial charge in [0.25, 0.3) is 0 Å². The SMILES string of the molecule is CC1(C)CCC[C@H](/C=C/CBr)O1. The van der Waals surface area contributed by atoms with E-state index < -0.39 is 0 Å². The molecular formula is C10H17BrO. The van der Waals surface area contributed by atoms with E-state index in [-0.39, 0.29) is 5.60 Å². The van der Waals surface area contributed by atoms with Gasteiger partial charge >= 0.3 is 0 Å². The van der Waals surface area contributed by atoms with E-state index >= 15 is 0 Å². The Kier molecular flexibility index (Phi) is 3.78. The molecule has 0 aromatic rings. The van der Waals surface area contributed by atoms with Crippen molar-refractivity contribution in [2.24, 2.45) is 0 Å². The lowest BCUT2D eigenvalue weighted by Gasteiger charge is -2.34. The molecule has 0 saturated carbocycles. The van der Waals surface area contributed by atoms with Crippen molar-refractivity contribution in [3.63, 3.8) is 0 Å². The maximum absolute atomic E-state index is 5.87. The minimum Gasteiger partial charge on any atom is -0.368 e. The fourth-order valence-electron chi connectivity index (χ4n) is 1.60.